The van der Waals surface area contributed by atoms with E-state index < -0.39 is 14.8 Å². The fourth-order valence-corrected chi connectivity index (χ4v) is 5.25. The summed E-state index contributed by atoms with van der Waals surface area (Å²) >= 11 is 1.17. The molecule has 2 aromatic carbocycles. The third-order valence-electron chi connectivity index (χ3n) is 4.84. The van der Waals surface area contributed by atoms with Gasteiger partial charge >= 0.3 is 0 Å². The predicted molar refractivity (Wildman–Crippen MR) is 132 cm³/mol. The van der Waals surface area contributed by atoms with Crippen molar-refractivity contribution in [2.24, 2.45) is 0 Å². The highest BCUT2D eigenvalue weighted by Gasteiger charge is 2.24. The second-order valence-corrected chi connectivity index (χ2v) is 10.8. The third-order valence-corrected chi connectivity index (χ3v) is 7.61. The highest BCUT2D eigenvalue weighted by Crippen LogP contribution is 2.31. The van der Waals surface area contributed by atoms with Crippen LogP contribution in [0.5, 0.6) is 0 Å². The first-order valence-corrected chi connectivity index (χ1v) is 12.3. The molecule has 0 fully saturated rings. The normalized spacial score (nSPS) is 11.4. The number of amides is 1. The maximum absolute atomic E-state index is 13.0. The van der Waals surface area contributed by atoms with Gasteiger partial charge in [0.1, 0.15) is 0 Å². The zero-order chi connectivity index (χ0) is 23.5. The maximum Gasteiger partial charge on any atom is 0.270 e. The molecule has 0 radical (unpaired) electrons. The van der Waals surface area contributed by atoms with Gasteiger partial charge in [0.2, 0.25) is 5.91 Å². The molecular weight excluding hydrogens is 488 g/mol. The molecule has 0 aliphatic rings. The fraction of sp³-hybridized carbons (Fsp3) is 0.333. The number of halogens is 1. The van der Waals surface area contributed by atoms with E-state index in [1.807, 2.05) is 25.9 Å². The lowest BCUT2D eigenvalue weighted by atomic mass is 10.2. The lowest BCUT2D eigenvalue weighted by molar-refractivity contribution is -0.384. The second kappa shape index (κ2) is 11.0. The molecule has 0 atom stereocenters. The van der Waals surface area contributed by atoms with E-state index in [1.165, 1.54) is 28.4 Å². The lowest BCUT2D eigenvalue weighted by Crippen LogP contribution is -2.37. The van der Waals surface area contributed by atoms with Gasteiger partial charge in [-0.2, -0.15) is 0 Å². The van der Waals surface area contributed by atoms with Gasteiger partial charge in [0.05, 0.1) is 25.8 Å². The number of hydrogen-bond donors (Lipinski definition) is 0. The van der Waals surface area contributed by atoms with Crippen LogP contribution >= 0.6 is 23.7 Å². The minimum Gasteiger partial charge on any atom is -0.308 e. The number of nitro groups is 1. The Labute approximate surface area is 202 Å². The molecule has 0 aliphatic heterocycles. The van der Waals surface area contributed by atoms with Gasteiger partial charge in [-0.05, 0) is 39.2 Å². The van der Waals surface area contributed by atoms with E-state index in [-0.39, 0.29) is 41.1 Å². The first-order chi connectivity index (χ1) is 15.1. The average Bonchev–Trinajstić information content (AvgIpc) is 3.15. The van der Waals surface area contributed by atoms with Crippen LogP contribution < -0.4 is 4.90 Å². The van der Waals surface area contributed by atoms with Gasteiger partial charge in [-0.1, -0.05) is 29.0 Å². The molecule has 0 N–H and O–H groups in total. The van der Waals surface area contributed by atoms with Gasteiger partial charge in [-0.3, -0.25) is 19.8 Å². The van der Waals surface area contributed by atoms with Crippen molar-refractivity contribution in [3.8, 4) is 0 Å². The summed E-state index contributed by atoms with van der Waals surface area (Å²) in [6, 6.07) is 10.9. The number of non-ortho nitro benzene ring substituents is 1. The Morgan fingerprint density at radius 3 is 2.39 bits per heavy atom. The van der Waals surface area contributed by atoms with E-state index in [2.05, 4.69) is 4.98 Å². The van der Waals surface area contributed by atoms with Gasteiger partial charge < -0.3 is 4.90 Å². The van der Waals surface area contributed by atoms with Gasteiger partial charge in [0.15, 0.2) is 15.0 Å². The summed E-state index contributed by atoms with van der Waals surface area (Å²) < 4.78 is 25.9. The highest BCUT2D eigenvalue weighted by molar-refractivity contribution is 7.91. The first kappa shape index (κ1) is 26.7. The Kier molecular flexibility index (Phi) is 8.89. The van der Waals surface area contributed by atoms with Crippen LogP contribution in [0.1, 0.15) is 12.0 Å². The summed E-state index contributed by atoms with van der Waals surface area (Å²) in [6.45, 7) is 2.74. The van der Waals surface area contributed by atoms with Gasteiger partial charge in [0, 0.05) is 31.6 Å². The van der Waals surface area contributed by atoms with Crippen molar-refractivity contribution < 1.29 is 18.1 Å². The van der Waals surface area contributed by atoms with Gasteiger partial charge in [-0.15, -0.1) is 12.4 Å². The van der Waals surface area contributed by atoms with Crippen molar-refractivity contribution in [1.82, 2.24) is 9.88 Å². The SMILES string of the molecule is Cc1ccc(S(=O)(=O)CCC(=O)N(CCN(C)C)c2nc3ccc([N+](=O)[O-])cc3s2)cc1.Cl. The smallest absolute Gasteiger partial charge is 0.270 e. The first-order valence-electron chi connectivity index (χ1n) is 9.86. The molecule has 0 unspecified atom stereocenters. The summed E-state index contributed by atoms with van der Waals surface area (Å²) in [5, 5.41) is 11.4. The average molecular weight is 513 g/mol. The van der Waals surface area contributed by atoms with Crippen LogP contribution in [-0.2, 0) is 14.6 Å². The van der Waals surface area contributed by atoms with Crippen molar-refractivity contribution in [2.45, 2.75) is 18.2 Å². The molecule has 0 spiro atoms. The number of aromatic nitrogens is 1. The number of benzene rings is 2. The van der Waals surface area contributed by atoms with Gasteiger partial charge in [-0.25, -0.2) is 13.4 Å². The van der Waals surface area contributed by atoms with Crippen molar-refractivity contribution in [3.63, 3.8) is 0 Å². The van der Waals surface area contributed by atoms with Crippen molar-refractivity contribution in [2.75, 3.05) is 37.8 Å². The molecule has 3 aromatic rings. The Hall–Kier alpha value is -2.60. The number of sulfone groups is 1. The van der Waals surface area contributed by atoms with E-state index in [0.29, 0.717) is 28.4 Å². The van der Waals surface area contributed by atoms with Crippen molar-refractivity contribution in [1.29, 1.82) is 0 Å². The van der Waals surface area contributed by atoms with E-state index in [0.717, 1.165) is 5.56 Å². The van der Waals surface area contributed by atoms with Crippen LogP contribution in [0.25, 0.3) is 10.2 Å². The molecule has 12 heteroatoms. The summed E-state index contributed by atoms with van der Waals surface area (Å²) in [6.07, 6.45) is -0.195. The van der Waals surface area contributed by atoms with Crippen LogP contribution in [0.15, 0.2) is 47.4 Å². The molecule has 1 amide bonds. The molecule has 0 aliphatic carbocycles. The number of fused-ring (bicyclic) bond motifs is 1. The van der Waals surface area contributed by atoms with Crippen LogP contribution in [0.3, 0.4) is 0 Å². The lowest BCUT2D eigenvalue weighted by Gasteiger charge is -2.22. The van der Waals surface area contributed by atoms with Crippen LogP contribution in [0, 0.1) is 17.0 Å². The van der Waals surface area contributed by atoms with E-state index >= 15 is 0 Å². The number of hydrogen-bond acceptors (Lipinski definition) is 8. The number of rotatable bonds is 9. The molecule has 0 bridgehead atoms. The van der Waals surface area contributed by atoms with Crippen LogP contribution in [0.4, 0.5) is 10.8 Å². The number of aryl methyl sites for hydroxylation is 1. The molecular formula is C21H25ClN4O5S2. The van der Waals surface area contributed by atoms with Gasteiger partial charge in [0.25, 0.3) is 5.69 Å². The molecule has 3 rings (SSSR count). The largest absolute Gasteiger partial charge is 0.308 e. The molecule has 33 heavy (non-hydrogen) atoms. The standard InChI is InChI=1S/C21H24N4O5S2.ClH/c1-15-4-7-17(8-5-15)32(29,30)13-10-20(26)24(12-11-23(2)3)21-22-18-9-6-16(25(27)28)14-19(18)31-21;/h4-9,14H,10-13H2,1-3H3;1H. The second-order valence-electron chi connectivity index (χ2n) is 7.64. The summed E-state index contributed by atoms with van der Waals surface area (Å²) in [4.78, 5) is 31.6. The molecule has 178 valence electrons. The number of thiazole rings is 1. The summed E-state index contributed by atoms with van der Waals surface area (Å²) in [5.41, 5.74) is 1.44. The number of carbonyl (C=O) groups excluding carboxylic acids is 1. The quantitative estimate of drug-likeness (QED) is 0.317. The summed E-state index contributed by atoms with van der Waals surface area (Å²) in [5.74, 6) is -0.680. The Bertz CT molecular complexity index is 1240. The monoisotopic (exact) mass is 512 g/mol. The van der Waals surface area contributed by atoms with E-state index in [1.54, 1.807) is 30.3 Å². The zero-order valence-electron chi connectivity index (χ0n) is 18.4. The number of likely N-dealkylation sites (N-methyl/N-ethyl adjacent to an activating group) is 1. The highest BCUT2D eigenvalue weighted by atomic mass is 35.5. The number of nitro benzene ring substituents is 1. The Morgan fingerprint density at radius 2 is 1.79 bits per heavy atom. The number of anilines is 1. The Morgan fingerprint density at radius 1 is 1.12 bits per heavy atom. The van der Waals surface area contributed by atoms with Crippen LogP contribution in [-0.4, -0.2) is 62.1 Å². The minimum absolute atomic E-state index is 0. The molecule has 0 saturated carbocycles. The topological polar surface area (TPSA) is 114 Å². The molecule has 1 heterocycles. The number of carbonyl (C=O) groups is 1. The molecule has 9 nitrogen and oxygen atoms in total. The van der Waals surface area contributed by atoms with E-state index in [9.17, 15) is 23.3 Å². The zero-order valence-corrected chi connectivity index (χ0v) is 20.9. The van der Waals surface area contributed by atoms with Crippen molar-refractivity contribution >= 4 is 60.5 Å². The molecule has 0 saturated heterocycles. The fourth-order valence-electron chi connectivity index (χ4n) is 2.98. The predicted octanol–water partition coefficient (Wildman–Crippen LogP) is 3.69. The summed E-state index contributed by atoms with van der Waals surface area (Å²) in [7, 11) is 0.126. The maximum atomic E-state index is 13.0. The van der Waals surface area contributed by atoms with Crippen LogP contribution in [0.2, 0.25) is 0 Å². The number of nitrogens with zero attached hydrogens (tertiary/aromatic N) is 4. The van der Waals surface area contributed by atoms with E-state index in [4.69, 9.17) is 0 Å². The van der Waals surface area contributed by atoms with Crippen molar-refractivity contribution in [3.05, 3.63) is 58.1 Å². The third kappa shape index (κ3) is 6.70. The minimum atomic E-state index is -3.61. The Balaban J connectivity index is 0.00000385. The molecule has 1 aromatic heterocycles.